The van der Waals surface area contributed by atoms with Gasteiger partial charge in [-0.1, -0.05) is 6.92 Å². The molecule has 0 saturated carbocycles. The lowest BCUT2D eigenvalue weighted by atomic mass is 9.89. The van der Waals surface area contributed by atoms with E-state index in [1.54, 1.807) is 79.4 Å². The third-order valence-corrected chi connectivity index (χ3v) is 6.46. The van der Waals surface area contributed by atoms with Crippen molar-refractivity contribution in [3.05, 3.63) is 65.9 Å². The first-order valence-corrected chi connectivity index (χ1v) is 13.6. The highest BCUT2D eigenvalue weighted by Gasteiger charge is 2.21. The van der Waals surface area contributed by atoms with Crippen molar-refractivity contribution >= 4 is 53.6 Å². The Morgan fingerprint density at radius 2 is 1.21 bits per heavy atom. The number of nitrogens with one attached hydrogen (secondary N) is 5. The van der Waals surface area contributed by atoms with Crippen molar-refractivity contribution in [1.82, 2.24) is 28.6 Å². The topological polar surface area (TPSA) is 181 Å². The molecule has 4 aromatic heterocycles. The molecule has 4 rings (SSSR count). The Labute approximate surface area is 248 Å². The molecule has 0 fully saturated rings. The second-order valence-electron chi connectivity index (χ2n) is 10.2. The normalized spacial score (nSPS) is 10.8. The van der Waals surface area contributed by atoms with Crippen LogP contribution in [0.1, 0.15) is 55.4 Å². The Bertz CT molecular complexity index is 1680. The fourth-order valence-corrected chi connectivity index (χ4v) is 4.46. The van der Waals surface area contributed by atoms with E-state index in [-0.39, 0.29) is 23.2 Å². The number of aromatic nitrogens is 5. The third-order valence-electron chi connectivity index (χ3n) is 6.46. The maximum absolute atomic E-state index is 13.0. The molecule has 16 heteroatoms. The Hall–Kier alpha value is -5.25. The zero-order chi connectivity index (χ0) is 31.4. The highest BCUT2D eigenvalue weighted by Crippen LogP contribution is 2.19. The molecule has 15 nitrogen and oxygen atoms in total. The van der Waals surface area contributed by atoms with Crippen LogP contribution in [0.3, 0.4) is 0 Å². The quantitative estimate of drug-likeness (QED) is 0.144. The molecule has 6 N–H and O–H groups in total. The number of hydrogen-bond acceptors (Lipinski definition) is 7. The van der Waals surface area contributed by atoms with Crippen molar-refractivity contribution < 1.29 is 24.2 Å². The molecule has 4 heterocycles. The molecular weight excluding hydrogens is 555 g/mol. The zero-order valence-corrected chi connectivity index (χ0v) is 24.8. The Balaban J connectivity index is 1.40. The smallest absolute Gasteiger partial charge is 0.406 e. The maximum atomic E-state index is 13.0. The minimum absolute atomic E-state index is 0.0339. The first kappa shape index (κ1) is 30.7. The number of carbonyl (C=O) groups excluding carboxylic acids is 4. The van der Waals surface area contributed by atoms with Gasteiger partial charge >= 0.3 is 7.05 Å². The van der Waals surface area contributed by atoms with Crippen LogP contribution < -0.4 is 26.5 Å². The van der Waals surface area contributed by atoms with Crippen LogP contribution in [0.25, 0.3) is 0 Å². The summed E-state index contributed by atoms with van der Waals surface area (Å²) >= 11 is 0. The highest BCUT2D eigenvalue weighted by atomic mass is 16.2. The van der Waals surface area contributed by atoms with Gasteiger partial charge in [-0.25, -0.2) is 4.98 Å². The van der Waals surface area contributed by atoms with Gasteiger partial charge in [0, 0.05) is 65.2 Å². The number of amides is 4. The van der Waals surface area contributed by atoms with Crippen LogP contribution in [0.5, 0.6) is 0 Å². The minimum Gasteiger partial charge on any atom is -0.433 e. The average Bonchev–Trinajstić information content (AvgIpc) is 3.68. The number of anilines is 4. The zero-order valence-electron chi connectivity index (χ0n) is 24.8. The van der Waals surface area contributed by atoms with E-state index in [0.29, 0.717) is 35.0 Å². The number of rotatable bonds is 11. The van der Waals surface area contributed by atoms with Crippen molar-refractivity contribution in [3.8, 4) is 0 Å². The molecule has 0 saturated heterocycles. The summed E-state index contributed by atoms with van der Waals surface area (Å²) in [4.78, 5) is 55.4. The minimum atomic E-state index is -0.785. The van der Waals surface area contributed by atoms with Gasteiger partial charge in [0.1, 0.15) is 17.1 Å². The molecule has 0 radical (unpaired) electrons. The van der Waals surface area contributed by atoms with Crippen LogP contribution in [-0.2, 0) is 28.2 Å². The van der Waals surface area contributed by atoms with Crippen molar-refractivity contribution in [1.29, 1.82) is 0 Å². The molecule has 226 valence electrons. The number of aryl methyl sites for hydroxylation is 4. The van der Waals surface area contributed by atoms with E-state index in [2.05, 4.69) is 31.5 Å². The summed E-state index contributed by atoms with van der Waals surface area (Å²) < 4.78 is 6.26. The number of imidazole rings is 1. The lowest BCUT2D eigenvalue weighted by Crippen LogP contribution is -2.25. The predicted octanol–water partition coefficient (Wildman–Crippen LogP) is 1.85. The molecule has 0 unspecified atom stereocenters. The molecule has 43 heavy (non-hydrogen) atoms. The number of nitrogens with zero attached hydrogens (tertiary/aromatic N) is 5. The van der Waals surface area contributed by atoms with Crippen LogP contribution in [0.4, 0.5) is 22.9 Å². The second-order valence-corrected chi connectivity index (χ2v) is 10.2. The van der Waals surface area contributed by atoms with E-state index in [4.69, 9.17) is 0 Å². The van der Waals surface area contributed by atoms with Crippen LogP contribution >= 0.6 is 0 Å². The molecular formula is C27H35BN10O5. The monoisotopic (exact) mass is 590 g/mol. The Kier molecular flexibility index (Phi) is 9.09. The fourth-order valence-electron chi connectivity index (χ4n) is 4.46. The summed E-state index contributed by atoms with van der Waals surface area (Å²) in [6, 6.07) is 4.70. The van der Waals surface area contributed by atoms with Crippen molar-refractivity contribution in [2.24, 2.45) is 28.2 Å². The van der Waals surface area contributed by atoms with Gasteiger partial charge in [-0.3, -0.25) is 19.2 Å². The second kappa shape index (κ2) is 12.7. The molecule has 0 aliphatic heterocycles. The number of carbonyl (C=O) groups is 4. The lowest BCUT2D eigenvalue weighted by Gasteiger charge is -2.03. The van der Waals surface area contributed by atoms with Crippen molar-refractivity contribution in [2.75, 3.05) is 27.7 Å². The fraction of sp³-hybridized carbons (Fsp3) is 0.296. The van der Waals surface area contributed by atoms with Crippen LogP contribution in [0.2, 0.25) is 6.82 Å². The van der Waals surface area contributed by atoms with Gasteiger partial charge in [0.2, 0.25) is 5.82 Å². The van der Waals surface area contributed by atoms with Gasteiger partial charge in [-0.2, -0.15) is 0 Å². The lowest BCUT2D eigenvalue weighted by molar-refractivity contribution is 0.0943. The van der Waals surface area contributed by atoms with Crippen LogP contribution in [-0.4, -0.2) is 65.5 Å². The summed E-state index contributed by atoms with van der Waals surface area (Å²) in [6.45, 7) is 4.08. The maximum Gasteiger partial charge on any atom is 0.406 e. The predicted molar refractivity (Wildman–Crippen MR) is 163 cm³/mol. The van der Waals surface area contributed by atoms with Crippen LogP contribution in [0, 0.1) is 0 Å². The molecule has 0 aromatic carbocycles. The van der Waals surface area contributed by atoms with E-state index >= 15 is 0 Å². The van der Waals surface area contributed by atoms with Crippen LogP contribution in [0.15, 0.2) is 43.0 Å². The van der Waals surface area contributed by atoms with E-state index in [9.17, 15) is 24.2 Å². The summed E-state index contributed by atoms with van der Waals surface area (Å²) in [5, 5.41) is 23.3. The summed E-state index contributed by atoms with van der Waals surface area (Å²) in [7, 11) is 5.91. The molecule has 0 aliphatic carbocycles. The Morgan fingerprint density at radius 3 is 1.77 bits per heavy atom. The van der Waals surface area contributed by atoms with Crippen molar-refractivity contribution in [3.63, 3.8) is 0 Å². The number of hydrogen-bond donors (Lipinski definition) is 6. The summed E-state index contributed by atoms with van der Waals surface area (Å²) in [5.74, 6) is -1.45. The molecule has 0 aliphatic rings. The molecule has 0 atom stereocenters. The van der Waals surface area contributed by atoms with E-state index in [0.717, 1.165) is 6.42 Å². The van der Waals surface area contributed by atoms with Gasteiger partial charge in [-0.05, 0) is 31.4 Å². The third kappa shape index (κ3) is 7.16. The summed E-state index contributed by atoms with van der Waals surface area (Å²) in [6.07, 6.45) is 7.21. The van der Waals surface area contributed by atoms with Gasteiger partial charge in [0.15, 0.2) is 5.82 Å². The standard InChI is InChI=1S/C27H35BN10O5/c1-7-8-29-24(39)19-9-16(12-35(19)3)30-25(40)20-10-17(13-36(20)4)31-27(42)23-32-22(15-38(23)6)33-26(41)21-11-18(14-37(21)5)34-28(2)43/h9-15,34,43H,7-8H2,1-6H3,(H,29,39)(H,30,40)(H,31,42)(H,33,41). The van der Waals surface area contributed by atoms with Gasteiger partial charge in [0.25, 0.3) is 23.6 Å². The first-order chi connectivity index (χ1) is 20.4. The van der Waals surface area contributed by atoms with E-state index in [1.807, 2.05) is 6.92 Å². The summed E-state index contributed by atoms with van der Waals surface area (Å²) in [5.41, 5.74) is 2.39. The largest absolute Gasteiger partial charge is 0.433 e. The van der Waals surface area contributed by atoms with Crippen molar-refractivity contribution in [2.45, 2.75) is 20.2 Å². The first-order valence-electron chi connectivity index (χ1n) is 13.6. The molecule has 0 spiro atoms. The molecule has 0 bridgehead atoms. The average molecular weight is 590 g/mol. The van der Waals surface area contributed by atoms with Gasteiger partial charge < -0.3 is 49.8 Å². The SMILES string of the molecule is CCCNC(=O)c1cc(NC(=O)c2cc(NC(=O)c3nc(NC(=O)c4cc(NB(C)O)cn4C)cn3C)cn2C)cn1C. The van der Waals surface area contributed by atoms with Gasteiger partial charge in [0.05, 0.1) is 11.4 Å². The Morgan fingerprint density at radius 1 is 0.721 bits per heavy atom. The highest BCUT2D eigenvalue weighted by molar-refractivity contribution is 6.52. The van der Waals surface area contributed by atoms with E-state index in [1.165, 1.54) is 16.8 Å². The molecule has 4 amide bonds. The van der Waals surface area contributed by atoms with Gasteiger partial charge in [-0.15, -0.1) is 0 Å². The van der Waals surface area contributed by atoms with E-state index < -0.39 is 24.8 Å². The molecule has 4 aromatic rings.